The maximum Gasteiger partial charge on any atom is 0.0672 e. The van der Waals surface area contributed by atoms with Gasteiger partial charge in [-0.15, -0.1) is 0 Å². The minimum Gasteiger partial charge on any atom is -0.277 e. The van der Waals surface area contributed by atoms with E-state index in [1.807, 2.05) is 11.1 Å². The van der Waals surface area contributed by atoms with Crippen LogP contribution in [0.3, 0.4) is 0 Å². The van der Waals surface area contributed by atoms with Crippen LogP contribution in [0.25, 0.3) is 0 Å². The van der Waals surface area contributed by atoms with Crippen LogP contribution in [0.2, 0.25) is 0 Å². The zero-order valence-corrected chi connectivity index (χ0v) is 7.45. The Morgan fingerprint density at radius 3 is 2.92 bits per heavy atom. The molecular formula is C10H13NO. The third kappa shape index (κ3) is 0.994. The molecule has 0 bridgehead atoms. The quantitative estimate of drug-likeness (QED) is 0.629. The third-order valence-corrected chi connectivity index (χ3v) is 2.40. The molecule has 1 unspecified atom stereocenters. The van der Waals surface area contributed by atoms with Gasteiger partial charge in [-0.2, -0.15) is 0 Å². The lowest BCUT2D eigenvalue weighted by Gasteiger charge is -2.15. The van der Waals surface area contributed by atoms with Gasteiger partial charge >= 0.3 is 0 Å². The Balaban J connectivity index is 2.43. The van der Waals surface area contributed by atoms with Gasteiger partial charge in [-0.05, 0) is 11.6 Å². The first-order valence-electron chi connectivity index (χ1n) is 4.23. The summed E-state index contributed by atoms with van der Waals surface area (Å²) >= 11 is 0. The van der Waals surface area contributed by atoms with Crippen LogP contribution < -0.4 is 5.06 Å². The van der Waals surface area contributed by atoms with Gasteiger partial charge in [0.25, 0.3) is 0 Å². The van der Waals surface area contributed by atoms with E-state index in [-0.39, 0.29) is 0 Å². The standard InChI is InChI=1S/C10H13NO/c1-8-7-11(12-2)10-6-4-3-5-9(8)10/h3-6,8H,7H2,1-2H3. The zero-order chi connectivity index (χ0) is 8.55. The molecule has 1 atom stereocenters. The monoisotopic (exact) mass is 163 g/mol. The fourth-order valence-corrected chi connectivity index (χ4v) is 1.75. The van der Waals surface area contributed by atoms with Crippen LogP contribution in [0.1, 0.15) is 18.4 Å². The molecule has 0 aliphatic carbocycles. The van der Waals surface area contributed by atoms with Crippen LogP contribution in [-0.2, 0) is 4.84 Å². The second-order valence-corrected chi connectivity index (χ2v) is 3.20. The molecule has 1 heterocycles. The highest BCUT2D eigenvalue weighted by Crippen LogP contribution is 2.35. The van der Waals surface area contributed by atoms with Crippen LogP contribution in [0, 0.1) is 0 Å². The summed E-state index contributed by atoms with van der Waals surface area (Å²) in [5.74, 6) is 0.584. The van der Waals surface area contributed by atoms with Crippen LogP contribution in [0.4, 0.5) is 5.69 Å². The molecule has 0 amide bonds. The number of hydrogen-bond donors (Lipinski definition) is 0. The summed E-state index contributed by atoms with van der Waals surface area (Å²) in [5, 5.41) is 1.94. The van der Waals surface area contributed by atoms with Crippen molar-refractivity contribution in [1.29, 1.82) is 0 Å². The molecule has 1 aromatic rings. The van der Waals surface area contributed by atoms with Gasteiger partial charge in [-0.3, -0.25) is 9.90 Å². The summed E-state index contributed by atoms with van der Waals surface area (Å²) < 4.78 is 0. The SMILES string of the molecule is CON1CC(C)c2ccccc21. The largest absolute Gasteiger partial charge is 0.277 e. The van der Waals surface area contributed by atoms with E-state index in [2.05, 4.69) is 25.1 Å². The molecule has 12 heavy (non-hydrogen) atoms. The Morgan fingerprint density at radius 2 is 2.17 bits per heavy atom. The Hall–Kier alpha value is -1.02. The fourth-order valence-electron chi connectivity index (χ4n) is 1.75. The molecule has 1 aliphatic heterocycles. The first kappa shape index (κ1) is 7.62. The van der Waals surface area contributed by atoms with Crippen LogP contribution >= 0.6 is 0 Å². The zero-order valence-electron chi connectivity index (χ0n) is 7.45. The van der Waals surface area contributed by atoms with Gasteiger partial charge in [0.15, 0.2) is 0 Å². The van der Waals surface area contributed by atoms with Gasteiger partial charge < -0.3 is 0 Å². The van der Waals surface area contributed by atoms with Gasteiger partial charge in [0.1, 0.15) is 0 Å². The van der Waals surface area contributed by atoms with Crippen molar-refractivity contribution in [3.63, 3.8) is 0 Å². The smallest absolute Gasteiger partial charge is 0.0672 e. The lowest BCUT2D eigenvalue weighted by Crippen LogP contribution is -2.19. The van der Waals surface area contributed by atoms with Gasteiger partial charge in [0.05, 0.1) is 19.3 Å². The first-order chi connectivity index (χ1) is 5.83. The molecule has 0 N–H and O–H groups in total. The van der Waals surface area contributed by atoms with E-state index < -0.39 is 0 Å². The van der Waals surface area contributed by atoms with E-state index >= 15 is 0 Å². The summed E-state index contributed by atoms with van der Waals surface area (Å²) in [7, 11) is 1.72. The van der Waals surface area contributed by atoms with Crippen LogP contribution in [-0.4, -0.2) is 13.7 Å². The Bertz CT molecular complexity index is 285. The Morgan fingerprint density at radius 1 is 1.42 bits per heavy atom. The van der Waals surface area contributed by atoms with Crippen molar-refractivity contribution >= 4 is 5.69 Å². The summed E-state index contributed by atoms with van der Waals surface area (Å²) in [6.07, 6.45) is 0. The molecule has 0 spiro atoms. The van der Waals surface area contributed by atoms with E-state index in [4.69, 9.17) is 4.84 Å². The van der Waals surface area contributed by atoms with E-state index in [1.54, 1.807) is 7.11 Å². The molecule has 2 nitrogen and oxygen atoms in total. The molecule has 1 aliphatic rings. The number of rotatable bonds is 1. The van der Waals surface area contributed by atoms with Gasteiger partial charge in [0, 0.05) is 5.92 Å². The number of anilines is 1. The van der Waals surface area contributed by atoms with Crippen molar-refractivity contribution in [2.24, 2.45) is 0 Å². The maximum atomic E-state index is 5.24. The average molecular weight is 163 g/mol. The number of benzene rings is 1. The highest BCUT2D eigenvalue weighted by Gasteiger charge is 2.24. The van der Waals surface area contributed by atoms with Crippen molar-refractivity contribution in [3.05, 3.63) is 29.8 Å². The highest BCUT2D eigenvalue weighted by atomic mass is 16.7. The topological polar surface area (TPSA) is 12.5 Å². The molecule has 0 fully saturated rings. The molecule has 0 saturated carbocycles. The molecule has 2 rings (SSSR count). The van der Waals surface area contributed by atoms with Crippen molar-refractivity contribution in [2.45, 2.75) is 12.8 Å². The van der Waals surface area contributed by atoms with Gasteiger partial charge in [-0.1, -0.05) is 25.1 Å². The first-order valence-corrected chi connectivity index (χ1v) is 4.23. The molecular weight excluding hydrogens is 150 g/mol. The third-order valence-electron chi connectivity index (χ3n) is 2.40. The molecule has 0 saturated heterocycles. The van der Waals surface area contributed by atoms with Crippen LogP contribution in [0.5, 0.6) is 0 Å². The van der Waals surface area contributed by atoms with Crippen molar-refractivity contribution in [3.8, 4) is 0 Å². The lowest BCUT2D eigenvalue weighted by molar-refractivity contribution is 0.171. The Labute approximate surface area is 72.7 Å². The predicted molar refractivity (Wildman–Crippen MR) is 49.2 cm³/mol. The molecule has 2 heteroatoms. The summed E-state index contributed by atoms with van der Waals surface area (Å²) in [6.45, 7) is 3.19. The molecule has 0 aromatic heterocycles. The maximum absolute atomic E-state index is 5.24. The van der Waals surface area contributed by atoms with Crippen molar-refractivity contribution in [2.75, 3.05) is 18.7 Å². The lowest BCUT2D eigenvalue weighted by atomic mass is 10.0. The summed E-state index contributed by atoms with van der Waals surface area (Å²) in [4.78, 5) is 5.24. The predicted octanol–water partition coefficient (Wildman–Crippen LogP) is 2.17. The van der Waals surface area contributed by atoms with Gasteiger partial charge in [0.2, 0.25) is 0 Å². The number of nitrogens with zero attached hydrogens (tertiary/aromatic N) is 1. The number of hydroxylamine groups is 1. The molecule has 0 radical (unpaired) electrons. The highest BCUT2D eigenvalue weighted by molar-refractivity contribution is 5.57. The second-order valence-electron chi connectivity index (χ2n) is 3.20. The van der Waals surface area contributed by atoms with Crippen LogP contribution in [0.15, 0.2) is 24.3 Å². The number of para-hydroxylation sites is 1. The second kappa shape index (κ2) is 2.79. The number of fused-ring (bicyclic) bond motifs is 1. The average Bonchev–Trinajstić information content (AvgIpc) is 2.44. The normalized spacial score (nSPS) is 21.2. The van der Waals surface area contributed by atoms with E-state index in [0.29, 0.717) is 5.92 Å². The Kier molecular flexibility index (Phi) is 1.77. The fraction of sp³-hybridized carbons (Fsp3) is 0.400. The summed E-state index contributed by atoms with van der Waals surface area (Å²) in [5.41, 5.74) is 2.60. The van der Waals surface area contributed by atoms with Crippen molar-refractivity contribution in [1.82, 2.24) is 0 Å². The van der Waals surface area contributed by atoms with E-state index in [0.717, 1.165) is 6.54 Å². The van der Waals surface area contributed by atoms with E-state index in [1.165, 1.54) is 11.3 Å². The number of hydrogen-bond acceptors (Lipinski definition) is 2. The molecule has 1 aromatic carbocycles. The van der Waals surface area contributed by atoms with Crippen molar-refractivity contribution < 1.29 is 4.84 Å². The minimum atomic E-state index is 0.584. The molecule has 64 valence electrons. The minimum absolute atomic E-state index is 0.584. The van der Waals surface area contributed by atoms with Gasteiger partial charge in [-0.25, -0.2) is 0 Å². The summed E-state index contributed by atoms with van der Waals surface area (Å²) in [6, 6.07) is 8.39. The van der Waals surface area contributed by atoms with E-state index in [9.17, 15) is 0 Å².